The number of aromatic amines is 1. The van der Waals surface area contributed by atoms with Gasteiger partial charge in [-0.2, -0.15) is 0 Å². The molecule has 0 radical (unpaired) electrons. The average molecular weight is 404 g/mol. The Morgan fingerprint density at radius 3 is 2.67 bits per heavy atom. The molecule has 0 spiro atoms. The number of carbonyl (C=O) groups is 1. The standard InChI is InChI=1S/C9H10Br3NO2/c1-2-15-9(14)6-5(3-4-10)13-8(12)7(6)11/h13H,2-4H2,1H3. The molecule has 1 N–H and O–H groups in total. The zero-order valence-electron chi connectivity index (χ0n) is 8.07. The van der Waals surface area contributed by atoms with E-state index in [0.717, 1.165) is 26.5 Å². The van der Waals surface area contributed by atoms with Crippen molar-refractivity contribution in [2.45, 2.75) is 13.3 Å². The number of ether oxygens (including phenoxy) is 1. The molecule has 0 aliphatic rings. The quantitative estimate of drug-likeness (QED) is 0.616. The van der Waals surface area contributed by atoms with Crippen LogP contribution < -0.4 is 0 Å². The van der Waals surface area contributed by atoms with Gasteiger partial charge in [-0.25, -0.2) is 4.79 Å². The molecule has 0 aliphatic heterocycles. The second-order valence-electron chi connectivity index (χ2n) is 2.77. The molecule has 0 unspecified atom stereocenters. The Bertz CT molecular complexity index is 362. The van der Waals surface area contributed by atoms with Crippen molar-refractivity contribution >= 4 is 53.8 Å². The summed E-state index contributed by atoms with van der Waals surface area (Å²) in [6.07, 6.45) is 0.748. The first-order chi connectivity index (χ1) is 7.11. The molecule has 6 heteroatoms. The molecular weight excluding hydrogens is 394 g/mol. The number of halogens is 3. The largest absolute Gasteiger partial charge is 0.462 e. The molecule has 0 amide bonds. The fraction of sp³-hybridized carbons (Fsp3) is 0.444. The number of hydrogen-bond acceptors (Lipinski definition) is 2. The second-order valence-corrected chi connectivity index (χ2v) is 5.14. The minimum absolute atomic E-state index is 0.303. The van der Waals surface area contributed by atoms with Crippen LogP contribution in [0.4, 0.5) is 0 Å². The molecular formula is C9H10Br3NO2. The Kier molecular flexibility index (Phi) is 5.35. The van der Waals surface area contributed by atoms with Crippen molar-refractivity contribution in [3.8, 4) is 0 Å². The van der Waals surface area contributed by atoms with E-state index in [1.54, 1.807) is 6.92 Å². The fourth-order valence-electron chi connectivity index (χ4n) is 1.19. The van der Waals surface area contributed by atoms with Gasteiger partial charge in [-0.05, 0) is 45.2 Å². The van der Waals surface area contributed by atoms with Crippen LogP contribution in [0, 0.1) is 0 Å². The van der Waals surface area contributed by atoms with E-state index in [4.69, 9.17) is 4.74 Å². The van der Waals surface area contributed by atoms with E-state index in [2.05, 4.69) is 52.8 Å². The lowest BCUT2D eigenvalue weighted by molar-refractivity contribution is 0.0524. The molecule has 0 fully saturated rings. The number of carbonyl (C=O) groups excluding carboxylic acids is 1. The number of esters is 1. The summed E-state index contributed by atoms with van der Waals surface area (Å²) in [6, 6.07) is 0. The highest BCUT2D eigenvalue weighted by Gasteiger charge is 2.21. The zero-order valence-corrected chi connectivity index (χ0v) is 12.8. The zero-order chi connectivity index (χ0) is 11.4. The Morgan fingerprint density at radius 1 is 1.47 bits per heavy atom. The summed E-state index contributed by atoms with van der Waals surface area (Å²) < 4.78 is 6.47. The monoisotopic (exact) mass is 401 g/mol. The maximum Gasteiger partial charge on any atom is 0.341 e. The van der Waals surface area contributed by atoms with Crippen molar-refractivity contribution in [2.75, 3.05) is 11.9 Å². The first-order valence-corrected chi connectivity index (χ1v) is 7.11. The highest BCUT2D eigenvalue weighted by Crippen LogP contribution is 2.30. The van der Waals surface area contributed by atoms with Gasteiger partial charge in [-0.3, -0.25) is 0 Å². The minimum atomic E-state index is -0.303. The molecule has 0 saturated carbocycles. The van der Waals surface area contributed by atoms with Crippen LogP contribution in [0.1, 0.15) is 23.0 Å². The van der Waals surface area contributed by atoms with Gasteiger partial charge >= 0.3 is 5.97 Å². The van der Waals surface area contributed by atoms with E-state index in [-0.39, 0.29) is 5.97 Å². The highest BCUT2D eigenvalue weighted by atomic mass is 79.9. The maximum atomic E-state index is 11.7. The maximum absolute atomic E-state index is 11.7. The number of nitrogens with one attached hydrogen (secondary N) is 1. The van der Waals surface area contributed by atoms with Crippen molar-refractivity contribution in [1.29, 1.82) is 0 Å². The summed E-state index contributed by atoms with van der Waals surface area (Å²) in [4.78, 5) is 14.8. The summed E-state index contributed by atoms with van der Waals surface area (Å²) in [6.45, 7) is 2.17. The van der Waals surface area contributed by atoms with Gasteiger partial charge < -0.3 is 9.72 Å². The van der Waals surface area contributed by atoms with Crippen LogP contribution in [0.5, 0.6) is 0 Å². The van der Waals surface area contributed by atoms with E-state index >= 15 is 0 Å². The molecule has 0 atom stereocenters. The van der Waals surface area contributed by atoms with Gasteiger partial charge in [0.15, 0.2) is 0 Å². The third kappa shape index (κ3) is 3.07. The van der Waals surface area contributed by atoms with Crippen LogP contribution in [0.2, 0.25) is 0 Å². The molecule has 84 valence electrons. The van der Waals surface area contributed by atoms with Gasteiger partial charge in [0, 0.05) is 11.0 Å². The predicted molar refractivity (Wildman–Crippen MR) is 69.6 cm³/mol. The van der Waals surface area contributed by atoms with Gasteiger partial charge in [-0.1, -0.05) is 15.9 Å². The molecule has 3 nitrogen and oxygen atoms in total. The van der Waals surface area contributed by atoms with Crippen LogP contribution in [-0.4, -0.2) is 22.9 Å². The number of rotatable bonds is 4. The number of alkyl halides is 1. The first-order valence-electron chi connectivity index (χ1n) is 4.40. The van der Waals surface area contributed by atoms with Crippen molar-refractivity contribution in [3.63, 3.8) is 0 Å². The van der Waals surface area contributed by atoms with Crippen molar-refractivity contribution in [1.82, 2.24) is 4.98 Å². The molecule has 1 aromatic heterocycles. The molecule has 1 heterocycles. The number of H-pyrrole nitrogens is 1. The lowest BCUT2D eigenvalue weighted by atomic mass is 10.2. The molecule has 0 saturated heterocycles. The van der Waals surface area contributed by atoms with Crippen molar-refractivity contribution < 1.29 is 9.53 Å². The van der Waals surface area contributed by atoms with Crippen LogP contribution >= 0.6 is 47.8 Å². The normalized spacial score (nSPS) is 10.4. The molecule has 0 aliphatic carbocycles. The summed E-state index contributed by atoms with van der Waals surface area (Å²) in [7, 11) is 0. The first kappa shape index (κ1) is 13.3. The van der Waals surface area contributed by atoms with Crippen LogP contribution in [0.3, 0.4) is 0 Å². The van der Waals surface area contributed by atoms with Crippen LogP contribution in [0.25, 0.3) is 0 Å². The Balaban J connectivity index is 3.07. The molecule has 15 heavy (non-hydrogen) atoms. The van der Waals surface area contributed by atoms with Gasteiger partial charge in [0.1, 0.15) is 0 Å². The molecule has 1 aromatic rings. The molecule has 0 bridgehead atoms. The number of hydrogen-bond donors (Lipinski definition) is 1. The Hall–Kier alpha value is 0.190. The van der Waals surface area contributed by atoms with E-state index in [0.29, 0.717) is 12.2 Å². The van der Waals surface area contributed by atoms with E-state index < -0.39 is 0 Å². The Labute approximate surface area is 113 Å². The van der Waals surface area contributed by atoms with Gasteiger partial charge in [0.2, 0.25) is 0 Å². The van der Waals surface area contributed by atoms with Gasteiger partial charge in [0.05, 0.1) is 21.2 Å². The van der Waals surface area contributed by atoms with Gasteiger partial charge in [-0.15, -0.1) is 0 Å². The predicted octanol–water partition coefficient (Wildman–Crippen LogP) is 3.65. The van der Waals surface area contributed by atoms with Crippen molar-refractivity contribution in [3.05, 3.63) is 20.3 Å². The lowest BCUT2D eigenvalue weighted by Crippen LogP contribution is -2.07. The van der Waals surface area contributed by atoms with Crippen molar-refractivity contribution in [2.24, 2.45) is 0 Å². The van der Waals surface area contributed by atoms with Gasteiger partial charge in [0.25, 0.3) is 0 Å². The lowest BCUT2D eigenvalue weighted by Gasteiger charge is -2.02. The van der Waals surface area contributed by atoms with E-state index in [1.165, 1.54) is 0 Å². The SMILES string of the molecule is CCOC(=O)c1c(CCBr)[nH]c(Br)c1Br. The fourth-order valence-corrected chi connectivity index (χ4v) is 2.52. The highest BCUT2D eigenvalue weighted by molar-refractivity contribution is 9.13. The number of aryl methyl sites for hydroxylation is 1. The summed E-state index contributed by atoms with van der Waals surface area (Å²) in [5, 5.41) is 0.790. The van der Waals surface area contributed by atoms with Crippen LogP contribution in [0.15, 0.2) is 9.08 Å². The third-order valence-corrected chi connectivity index (χ3v) is 4.11. The summed E-state index contributed by atoms with van der Waals surface area (Å²) in [5.41, 5.74) is 1.44. The topological polar surface area (TPSA) is 42.1 Å². The smallest absolute Gasteiger partial charge is 0.341 e. The van der Waals surface area contributed by atoms with Crippen LogP contribution in [-0.2, 0) is 11.2 Å². The summed E-state index contributed by atoms with van der Waals surface area (Å²) >= 11 is 10.0. The number of aromatic nitrogens is 1. The third-order valence-electron chi connectivity index (χ3n) is 1.80. The van der Waals surface area contributed by atoms with E-state index in [1.807, 2.05) is 0 Å². The second kappa shape index (κ2) is 6.06. The molecule has 1 rings (SSSR count). The average Bonchev–Trinajstić information content (AvgIpc) is 2.44. The Morgan fingerprint density at radius 2 is 2.13 bits per heavy atom. The molecule has 0 aromatic carbocycles. The summed E-state index contributed by atoms with van der Waals surface area (Å²) in [5.74, 6) is -0.303. The minimum Gasteiger partial charge on any atom is -0.462 e. The van der Waals surface area contributed by atoms with E-state index in [9.17, 15) is 4.79 Å².